The summed E-state index contributed by atoms with van der Waals surface area (Å²) in [5, 5.41) is 15.5. The van der Waals surface area contributed by atoms with Gasteiger partial charge < -0.3 is 20.5 Å². The van der Waals surface area contributed by atoms with E-state index in [-0.39, 0.29) is 12.5 Å². The average molecular weight is 345 g/mol. The molecule has 0 bridgehead atoms. The molecule has 1 rings (SSSR count). The molecule has 0 radical (unpaired) electrons. The second-order valence-electron chi connectivity index (χ2n) is 4.59. The minimum absolute atomic E-state index is 0.0556. The number of hydrogen-bond acceptors (Lipinski definition) is 4. The topological polar surface area (TPSA) is 70.6 Å². The van der Waals surface area contributed by atoms with Crippen molar-refractivity contribution in [3.63, 3.8) is 0 Å². The van der Waals surface area contributed by atoms with Gasteiger partial charge in [0.1, 0.15) is 18.5 Å². The Kier molecular flexibility index (Phi) is 7.58. The van der Waals surface area contributed by atoms with Gasteiger partial charge in [0.2, 0.25) is 5.91 Å². The summed E-state index contributed by atoms with van der Waals surface area (Å²) in [7, 11) is 0. The van der Waals surface area contributed by atoms with Gasteiger partial charge in [0.25, 0.3) is 0 Å². The maximum atomic E-state index is 10.6. The zero-order valence-corrected chi connectivity index (χ0v) is 13.4. The van der Waals surface area contributed by atoms with E-state index < -0.39 is 6.10 Å². The number of benzene rings is 1. The second kappa shape index (κ2) is 8.94. The maximum absolute atomic E-state index is 10.6. The van der Waals surface area contributed by atoms with Crippen LogP contribution in [0.3, 0.4) is 0 Å². The van der Waals surface area contributed by atoms with Crippen LogP contribution in [0.2, 0.25) is 0 Å². The molecule has 20 heavy (non-hydrogen) atoms. The van der Waals surface area contributed by atoms with Gasteiger partial charge in [0, 0.05) is 26.6 Å². The van der Waals surface area contributed by atoms with Crippen molar-refractivity contribution in [3.8, 4) is 5.75 Å². The summed E-state index contributed by atoms with van der Waals surface area (Å²) in [6, 6.07) is 5.79. The molecule has 0 saturated heterocycles. The van der Waals surface area contributed by atoms with Crippen LogP contribution in [-0.4, -0.2) is 43.4 Å². The fourth-order valence-electron chi connectivity index (χ4n) is 1.56. The number of carbonyl (C=O) groups excluding carboxylic acids is 1. The first kappa shape index (κ1) is 16.9. The van der Waals surface area contributed by atoms with Crippen molar-refractivity contribution in [3.05, 3.63) is 28.2 Å². The van der Waals surface area contributed by atoms with Crippen LogP contribution >= 0.6 is 15.9 Å². The van der Waals surface area contributed by atoms with E-state index in [4.69, 9.17) is 4.74 Å². The molecule has 1 atom stereocenters. The molecule has 6 heteroatoms. The first-order chi connectivity index (χ1) is 9.49. The summed E-state index contributed by atoms with van der Waals surface area (Å²) in [4.78, 5) is 10.6. The average Bonchev–Trinajstić information content (AvgIpc) is 2.37. The summed E-state index contributed by atoms with van der Waals surface area (Å²) in [6.45, 7) is 5.28. The molecule has 112 valence electrons. The van der Waals surface area contributed by atoms with Crippen LogP contribution in [-0.2, 0) is 4.79 Å². The number of halogens is 1. The van der Waals surface area contributed by atoms with Crippen molar-refractivity contribution in [1.82, 2.24) is 10.6 Å². The molecular weight excluding hydrogens is 324 g/mol. The van der Waals surface area contributed by atoms with E-state index in [2.05, 4.69) is 26.6 Å². The number of ether oxygens (including phenoxy) is 1. The van der Waals surface area contributed by atoms with Gasteiger partial charge >= 0.3 is 0 Å². The third kappa shape index (κ3) is 6.88. The highest BCUT2D eigenvalue weighted by molar-refractivity contribution is 9.10. The quantitative estimate of drug-likeness (QED) is 0.620. The van der Waals surface area contributed by atoms with E-state index in [9.17, 15) is 9.90 Å². The lowest BCUT2D eigenvalue weighted by Crippen LogP contribution is -2.36. The summed E-state index contributed by atoms with van der Waals surface area (Å²) < 4.78 is 6.42. The smallest absolute Gasteiger partial charge is 0.216 e. The SMILES string of the molecule is CC(=O)NCCNCC(O)COc1ccc(C)cc1Br. The largest absolute Gasteiger partial charge is 0.490 e. The van der Waals surface area contributed by atoms with Gasteiger partial charge in [-0.1, -0.05) is 6.07 Å². The first-order valence-electron chi connectivity index (χ1n) is 6.51. The lowest BCUT2D eigenvalue weighted by molar-refractivity contribution is -0.118. The normalized spacial score (nSPS) is 12.0. The maximum Gasteiger partial charge on any atom is 0.216 e. The fourth-order valence-corrected chi connectivity index (χ4v) is 2.17. The van der Waals surface area contributed by atoms with Crippen LogP contribution in [0.15, 0.2) is 22.7 Å². The van der Waals surface area contributed by atoms with E-state index in [1.165, 1.54) is 6.92 Å². The van der Waals surface area contributed by atoms with E-state index in [0.717, 1.165) is 10.0 Å². The van der Waals surface area contributed by atoms with Gasteiger partial charge in [-0.3, -0.25) is 4.79 Å². The molecule has 0 aliphatic heterocycles. The molecule has 0 aromatic heterocycles. The van der Waals surface area contributed by atoms with Gasteiger partial charge in [-0.25, -0.2) is 0 Å². The van der Waals surface area contributed by atoms with Crippen molar-refractivity contribution in [2.24, 2.45) is 0 Å². The zero-order chi connectivity index (χ0) is 15.0. The van der Waals surface area contributed by atoms with Crippen LogP contribution in [0.1, 0.15) is 12.5 Å². The van der Waals surface area contributed by atoms with Crippen molar-refractivity contribution >= 4 is 21.8 Å². The Morgan fingerprint density at radius 3 is 2.85 bits per heavy atom. The molecule has 1 aromatic rings. The highest BCUT2D eigenvalue weighted by Crippen LogP contribution is 2.25. The van der Waals surface area contributed by atoms with Crippen molar-refractivity contribution in [2.45, 2.75) is 20.0 Å². The molecule has 0 saturated carbocycles. The highest BCUT2D eigenvalue weighted by Gasteiger charge is 2.07. The third-order valence-corrected chi connectivity index (χ3v) is 3.19. The van der Waals surface area contributed by atoms with Crippen LogP contribution in [0, 0.1) is 6.92 Å². The predicted octanol–water partition coefficient (Wildman–Crippen LogP) is 1.22. The molecule has 0 heterocycles. The lowest BCUT2D eigenvalue weighted by Gasteiger charge is -2.14. The number of nitrogens with one attached hydrogen (secondary N) is 2. The highest BCUT2D eigenvalue weighted by atomic mass is 79.9. The molecule has 1 amide bonds. The van der Waals surface area contributed by atoms with Crippen molar-refractivity contribution < 1.29 is 14.6 Å². The van der Waals surface area contributed by atoms with Crippen molar-refractivity contribution in [1.29, 1.82) is 0 Å². The summed E-state index contributed by atoms with van der Waals surface area (Å²) >= 11 is 3.42. The number of carbonyl (C=O) groups is 1. The number of aliphatic hydroxyl groups excluding tert-OH is 1. The summed E-state index contributed by atoms with van der Waals surface area (Å²) in [5.74, 6) is 0.660. The molecule has 5 nitrogen and oxygen atoms in total. The van der Waals surface area contributed by atoms with E-state index >= 15 is 0 Å². The van der Waals surface area contributed by atoms with Crippen LogP contribution in [0.5, 0.6) is 5.75 Å². The molecule has 0 spiro atoms. The molecule has 0 fully saturated rings. The molecule has 0 aliphatic carbocycles. The van der Waals surface area contributed by atoms with E-state index in [1.54, 1.807) is 0 Å². The Hall–Kier alpha value is -1.11. The van der Waals surface area contributed by atoms with Crippen LogP contribution < -0.4 is 15.4 Å². The number of aryl methyl sites for hydroxylation is 1. The number of rotatable bonds is 8. The monoisotopic (exact) mass is 344 g/mol. The van der Waals surface area contributed by atoms with Gasteiger partial charge in [0.15, 0.2) is 0 Å². The minimum Gasteiger partial charge on any atom is -0.490 e. The van der Waals surface area contributed by atoms with Gasteiger partial charge in [-0.05, 0) is 40.5 Å². The van der Waals surface area contributed by atoms with Crippen LogP contribution in [0.25, 0.3) is 0 Å². The Morgan fingerprint density at radius 1 is 1.45 bits per heavy atom. The molecule has 3 N–H and O–H groups in total. The molecule has 1 aromatic carbocycles. The fraction of sp³-hybridized carbons (Fsp3) is 0.500. The third-order valence-electron chi connectivity index (χ3n) is 2.57. The molecule has 1 unspecified atom stereocenters. The number of amides is 1. The van der Waals surface area contributed by atoms with E-state index in [1.807, 2.05) is 25.1 Å². The number of hydrogen-bond donors (Lipinski definition) is 3. The summed E-state index contributed by atoms with van der Waals surface area (Å²) in [5.41, 5.74) is 1.14. The Morgan fingerprint density at radius 2 is 2.20 bits per heavy atom. The minimum atomic E-state index is -0.597. The zero-order valence-electron chi connectivity index (χ0n) is 11.8. The first-order valence-corrected chi connectivity index (χ1v) is 7.30. The van der Waals surface area contributed by atoms with Gasteiger partial charge in [-0.15, -0.1) is 0 Å². The Bertz CT molecular complexity index is 440. The number of aliphatic hydroxyl groups is 1. The second-order valence-corrected chi connectivity index (χ2v) is 5.44. The predicted molar refractivity (Wildman–Crippen MR) is 81.9 cm³/mol. The van der Waals surface area contributed by atoms with Crippen molar-refractivity contribution in [2.75, 3.05) is 26.2 Å². The Labute approximate surface area is 127 Å². The lowest BCUT2D eigenvalue weighted by atomic mass is 10.2. The molecular formula is C14H21BrN2O3. The standard InChI is InChI=1S/C14H21BrN2O3/c1-10-3-4-14(13(15)7-10)20-9-12(19)8-16-5-6-17-11(2)18/h3-4,7,12,16,19H,5-6,8-9H2,1-2H3,(H,17,18). The molecule has 0 aliphatic rings. The summed E-state index contributed by atoms with van der Waals surface area (Å²) in [6.07, 6.45) is -0.597. The van der Waals surface area contributed by atoms with Gasteiger partial charge in [0.05, 0.1) is 4.47 Å². The van der Waals surface area contributed by atoms with Crippen LogP contribution in [0.4, 0.5) is 0 Å². The van der Waals surface area contributed by atoms with Gasteiger partial charge in [-0.2, -0.15) is 0 Å². The Balaban J connectivity index is 2.19. The van der Waals surface area contributed by atoms with E-state index in [0.29, 0.717) is 25.4 Å².